The summed E-state index contributed by atoms with van der Waals surface area (Å²) in [4.78, 5) is 14.5. The van der Waals surface area contributed by atoms with Crippen molar-refractivity contribution in [2.45, 2.75) is 13.3 Å². The number of aliphatic carboxylic acids is 1. The summed E-state index contributed by atoms with van der Waals surface area (Å²) < 4.78 is 4.80. The van der Waals surface area contributed by atoms with Gasteiger partial charge in [-0.2, -0.15) is 0 Å². The fraction of sp³-hybridized carbons (Fsp3) is 0.364. The number of nitrogens with one attached hydrogen (secondary N) is 1. The van der Waals surface area contributed by atoms with Gasteiger partial charge in [-0.3, -0.25) is 10.2 Å². The van der Waals surface area contributed by atoms with Gasteiger partial charge in [-0.05, 0) is 13.0 Å². The van der Waals surface area contributed by atoms with Crippen LogP contribution in [0.2, 0.25) is 0 Å². The third kappa shape index (κ3) is 6.03. The molecule has 0 saturated carbocycles. The number of carboxylic acids is 1. The first-order chi connectivity index (χ1) is 8.83. The Morgan fingerprint density at radius 3 is 2.63 bits per heavy atom. The van der Waals surface area contributed by atoms with E-state index in [0.29, 0.717) is 0 Å². The maximum atomic E-state index is 10.5. The highest BCUT2D eigenvalue weighted by Crippen LogP contribution is 2.14. The van der Waals surface area contributed by atoms with Crippen molar-refractivity contribution in [1.82, 2.24) is 5.01 Å². The predicted octanol–water partition coefficient (Wildman–Crippen LogP) is 1.32. The molecular formula is C11H17ClN4O3. The van der Waals surface area contributed by atoms with Gasteiger partial charge in [0.1, 0.15) is 10.9 Å². The molecule has 0 aromatic carbocycles. The second kappa shape index (κ2) is 8.28. The summed E-state index contributed by atoms with van der Waals surface area (Å²) in [5.74, 6) is 4.46. The first kappa shape index (κ1) is 17.1. The van der Waals surface area contributed by atoms with Crippen molar-refractivity contribution in [2.75, 3.05) is 13.7 Å². The Hall–Kier alpha value is -1.86. The first-order valence-corrected chi connectivity index (χ1v) is 5.65. The molecule has 0 aliphatic heterocycles. The van der Waals surface area contributed by atoms with Gasteiger partial charge >= 0.3 is 5.97 Å². The Morgan fingerprint density at radius 2 is 2.26 bits per heavy atom. The number of ether oxygens (including phenoxy) is 1. The summed E-state index contributed by atoms with van der Waals surface area (Å²) in [5.41, 5.74) is 0.339. The molecule has 0 heterocycles. The van der Waals surface area contributed by atoms with Gasteiger partial charge in [0.05, 0.1) is 19.2 Å². The lowest BCUT2D eigenvalue weighted by atomic mass is 10.2. The number of hydrogen-bond donors (Lipinski definition) is 3. The van der Waals surface area contributed by atoms with Crippen LogP contribution in [0.3, 0.4) is 0 Å². The van der Waals surface area contributed by atoms with Crippen LogP contribution in [0.1, 0.15) is 13.3 Å². The second-order valence-electron chi connectivity index (χ2n) is 3.42. The Morgan fingerprint density at radius 1 is 1.68 bits per heavy atom. The number of carboxylic acid groups (broad SMARTS) is 1. The highest BCUT2D eigenvalue weighted by Gasteiger charge is 2.17. The van der Waals surface area contributed by atoms with Crippen LogP contribution in [0, 0.1) is 5.41 Å². The minimum Gasteiger partial charge on any atom is -0.481 e. The molecule has 7 nitrogen and oxygen atoms in total. The van der Waals surface area contributed by atoms with E-state index in [1.807, 2.05) is 0 Å². The first-order valence-electron chi connectivity index (χ1n) is 5.27. The number of nitrogens with zero attached hydrogens (tertiary/aromatic N) is 2. The van der Waals surface area contributed by atoms with E-state index in [1.54, 1.807) is 6.92 Å². The summed E-state index contributed by atoms with van der Waals surface area (Å²) >= 11 is 5.68. The van der Waals surface area contributed by atoms with Crippen molar-refractivity contribution in [3.63, 3.8) is 0 Å². The Kier molecular flexibility index (Phi) is 7.47. The zero-order valence-corrected chi connectivity index (χ0v) is 11.6. The summed E-state index contributed by atoms with van der Waals surface area (Å²) in [6.07, 6.45) is 1.17. The quantitative estimate of drug-likeness (QED) is 0.215. The molecule has 0 bridgehead atoms. The molecule has 0 fully saturated rings. The fourth-order valence-electron chi connectivity index (χ4n) is 1.18. The van der Waals surface area contributed by atoms with Crippen molar-refractivity contribution in [3.05, 3.63) is 24.0 Å². The van der Waals surface area contributed by atoms with Gasteiger partial charge in [0.15, 0.2) is 0 Å². The van der Waals surface area contributed by atoms with Crippen molar-refractivity contribution in [1.29, 1.82) is 5.41 Å². The van der Waals surface area contributed by atoms with Gasteiger partial charge in [0.25, 0.3) is 0 Å². The van der Waals surface area contributed by atoms with Gasteiger partial charge < -0.3 is 14.9 Å². The van der Waals surface area contributed by atoms with E-state index in [2.05, 4.69) is 11.6 Å². The topological polar surface area (TPSA) is 112 Å². The lowest BCUT2D eigenvalue weighted by Gasteiger charge is -2.22. The van der Waals surface area contributed by atoms with Gasteiger partial charge in [-0.15, -0.1) is 0 Å². The monoisotopic (exact) mass is 288 g/mol. The largest absolute Gasteiger partial charge is 0.481 e. The molecule has 8 heteroatoms. The molecule has 4 N–H and O–H groups in total. The summed E-state index contributed by atoms with van der Waals surface area (Å²) in [7, 11) is 1.30. The Balaban J connectivity index is 5.46. The van der Waals surface area contributed by atoms with Crippen LogP contribution in [0.15, 0.2) is 29.0 Å². The highest BCUT2D eigenvalue weighted by atomic mass is 35.5. The number of carbonyl (C=O) groups is 1. The number of halogens is 1. The van der Waals surface area contributed by atoms with Gasteiger partial charge in [-0.25, -0.2) is 10.8 Å². The number of rotatable bonds is 7. The Labute approximate surface area is 116 Å². The summed E-state index contributed by atoms with van der Waals surface area (Å²) in [6, 6.07) is 0. The van der Waals surface area contributed by atoms with Crippen LogP contribution in [0.5, 0.6) is 0 Å². The molecule has 0 aromatic heterocycles. The lowest BCUT2D eigenvalue weighted by Crippen LogP contribution is -2.36. The van der Waals surface area contributed by atoms with Crippen molar-refractivity contribution < 1.29 is 14.6 Å². The summed E-state index contributed by atoms with van der Waals surface area (Å²) in [6.45, 7) is 5.10. The number of aliphatic imine (C=N–C) groups is 1. The minimum absolute atomic E-state index is 0.00933. The number of hydrogen-bond acceptors (Lipinski definition) is 6. The van der Waals surface area contributed by atoms with Crippen LogP contribution >= 0.6 is 11.6 Å². The number of nitrogens with two attached hydrogens (primary N) is 1. The molecule has 0 atom stereocenters. The third-order valence-corrected chi connectivity index (χ3v) is 2.07. The summed E-state index contributed by atoms with van der Waals surface area (Å²) in [5, 5.41) is 17.6. The van der Waals surface area contributed by atoms with Crippen LogP contribution in [-0.4, -0.2) is 40.8 Å². The zero-order valence-electron chi connectivity index (χ0n) is 10.8. The molecule has 0 aliphatic rings. The van der Waals surface area contributed by atoms with E-state index in [1.165, 1.54) is 13.2 Å². The van der Waals surface area contributed by atoms with Crippen molar-refractivity contribution in [3.8, 4) is 0 Å². The van der Waals surface area contributed by atoms with Crippen LogP contribution in [0.4, 0.5) is 0 Å². The molecule has 0 amide bonds. The van der Waals surface area contributed by atoms with Crippen molar-refractivity contribution >= 4 is 28.6 Å². The maximum absolute atomic E-state index is 10.5. The van der Waals surface area contributed by atoms with Gasteiger partial charge in [0, 0.05) is 6.54 Å². The smallest absolute Gasteiger partial charge is 0.305 e. The Bertz CT molecular complexity index is 428. The molecule has 0 aliphatic carbocycles. The standard InChI is InChI=1S/C11H17ClN4O3/c1-4-8(15-7(2)12)10(11(13)19-3)16(14)6-5-9(17)18/h4,13H,1,5-6,14H2,2-3H3,(H,17,18)/b10-8+,13-11?,15-7+. The van der Waals surface area contributed by atoms with E-state index < -0.39 is 5.97 Å². The normalized spacial score (nSPS) is 12.5. The number of methoxy groups -OCH3 is 1. The van der Waals surface area contributed by atoms with E-state index in [0.717, 1.165) is 5.01 Å². The van der Waals surface area contributed by atoms with E-state index in [-0.39, 0.29) is 35.4 Å². The third-order valence-electron chi connectivity index (χ3n) is 1.98. The fourth-order valence-corrected chi connectivity index (χ4v) is 1.27. The van der Waals surface area contributed by atoms with Crippen LogP contribution < -0.4 is 5.84 Å². The molecular weight excluding hydrogens is 272 g/mol. The average Bonchev–Trinajstić information content (AvgIpc) is 2.34. The lowest BCUT2D eigenvalue weighted by molar-refractivity contribution is -0.137. The minimum atomic E-state index is -1.00. The van der Waals surface area contributed by atoms with Gasteiger partial charge in [0.2, 0.25) is 5.90 Å². The maximum Gasteiger partial charge on any atom is 0.305 e. The molecule has 0 radical (unpaired) electrons. The molecule has 0 rings (SSSR count). The van der Waals surface area contributed by atoms with Gasteiger partial charge in [-0.1, -0.05) is 18.2 Å². The highest BCUT2D eigenvalue weighted by molar-refractivity contribution is 6.64. The van der Waals surface area contributed by atoms with E-state index >= 15 is 0 Å². The van der Waals surface area contributed by atoms with E-state index in [9.17, 15) is 4.79 Å². The predicted molar refractivity (Wildman–Crippen MR) is 74.1 cm³/mol. The molecule has 0 spiro atoms. The van der Waals surface area contributed by atoms with E-state index in [4.69, 9.17) is 32.7 Å². The average molecular weight is 289 g/mol. The molecule has 0 aromatic rings. The molecule has 19 heavy (non-hydrogen) atoms. The molecule has 106 valence electrons. The zero-order chi connectivity index (χ0) is 15.0. The molecule has 0 unspecified atom stereocenters. The number of allylic oxidation sites excluding steroid dienone is 1. The second-order valence-corrected chi connectivity index (χ2v) is 3.96. The molecule has 0 saturated heterocycles. The van der Waals surface area contributed by atoms with Crippen molar-refractivity contribution in [2.24, 2.45) is 10.8 Å². The number of hydrazine groups is 1. The van der Waals surface area contributed by atoms with Crippen LogP contribution in [0.25, 0.3) is 0 Å². The SMILES string of the molecule is C=CC(/N=C(\C)Cl)=C(/C(=N)OC)N(N)CCC(=O)O. The van der Waals surface area contributed by atoms with Crippen LogP contribution in [-0.2, 0) is 9.53 Å².